The minimum Gasteiger partial charge on any atom is -0.493 e. The fourth-order valence-corrected chi connectivity index (χ4v) is 5.57. The number of methoxy groups -OCH3 is 3. The summed E-state index contributed by atoms with van der Waals surface area (Å²) in [6.07, 6.45) is 6.25. The number of rotatable bonds is 7. The average Bonchev–Trinajstić information content (AvgIpc) is 3.57. The van der Waals surface area contributed by atoms with Crippen molar-refractivity contribution in [2.45, 2.75) is 6.42 Å². The monoisotopic (exact) mass is 554 g/mol. The second-order valence-electron chi connectivity index (χ2n) is 8.72. The van der Waals surface area contributed by atoms with Crippen molar-refractivity contribution >= 4 is 39.9 Å². The van der Waals surface area contributed by atoms with Crippen LogP contribution in [0.15, 0.2) is 52.1 Å². The Morgan fingerprint density at radius 3 is 2.11 bits per heavy atom. The topological polar surface area (TPSA) is 104 Å². The third-order valence-electron chi connectivity index (χ3n) is 6.83. The Bertz CT molecular complexity index is 1270. The van der Waals surface area contributed by atoms with Crippen LogP contribution in [0.5, 0.6) is 23.0 Å². The summed E-state index contributed by atoms with van der Waals surface area (Å²) >= 11 is 3.40. The van der Waals surface area contributed by atoms with Gasteiger partial charge in [0.25, 0.3) is 11.8 Å². The van der Waals surface area contributed by atoms with E-state index in [-0.39, 0.29) is 46.8 Å². The Hall–Kier alpha value is -3.66. The maximum Gasteiger partial charge on any atom is 0.343 e. The number of esters is 1. The Balaban J connectivity index is 1.40. The maximum atomic E-state index is 13.0. The van der Waals surface area contributed by atoms with Gasteiger partial charge in [-0.15, -0.1) is 0 Å². The summed E-state index contributed by atoms with van der Waals surface area (Å²) in [4.78, 5) is 38.9. The number of allylic oxidation sites excluding steroid dienone is 2. The minimum absolute atomic E-state index is 0.0949. The van der Waals surface area contributed by atoms with Crippen molar-refractivity contribution in [1.82, 2.24) is 5.01 Å². The van der Waals surface area contributed by atoms with E-state index >= 15 is 0 Å². The van der Waals surface area contributed by atoms with Gasteiger partial charge in [-0.25, -0.2) is 4.79 Å². The summed E-state index contributed by atoms with van der Waals surface area (Å²) in [5.74, 6) is -0.583. The number of imide groups is 1. The predicted molar refractivity (Wildman–Crippen MR) is 132 cm³/mol. The molecule has 2 bridgehead atoms. The molecule has 10 heteroatoms. The SMILES string of the molecule is COc1cc(C(=O)Oc2ccc(Br)cc2C=NN2C(=O)[C@@H]3[C@H](C2=O)[C@H]2C=C[C@H]3C2)cc(OC)c1OC. The average molecular weight is 555 g/mol. The third-order valence-corrected chi connectivity index (χ3v) is 7.33. The van der Waals surface area contributed by atoms with Gasteiger partial charge in [0.1, 0.15) is 5.75 Å². The molecule has 2 amide bonds. The fourth-order valence-electron chi connectivity index (χ4n) is 5.19. The number of halogens is 1. The van der Waals surface area contributed by atoms with Crippen LogP contribution < -0.4 is 18.9 Å². The summed E-state index contributed by atoms with van der Waals surface area (Å²) < 4.78 is 22.3. The molecule has 3 aliphatic rings. The van der Waals surface area contributed by atoms with E-state index in [0.29, 0.717) is 27.3 Å². The number of amides is 2. The van der Waals surface area contributed by atoms with E-state index in [0.717, 1.165) is 11.4 Å². The van der Waals surface area contributed by atoms with Gasteiger partial charge in [0.15, 0.2) is 11.5 Å². The Kier molecular flexibility index (Phi) is 6.29. The van der Waals surface area contributed by atoms with Crippen LogP contribution in [-0.2, 0) is 9.59 Å². The molecule has 1 saturated heterocycles. The van der Waals surface area contributed by atoms with E-state index < -0.39 is 5.97 Å². The van der Waals surface area contributed by atoms with Crippen molar-refractivity contribution in [3.05, 3.63) is 58.1 Å². The number of ether oxygens (including phenoxy) is 4. The summed E-state index contributed by atoms with van der Waals surface area (Å²) in [6, 6.07) is 7.94. The van der Waals surface area contributed by atoms with Crippen LogP contribution in [0.1, 0.15) is 22.3 Å². The van der Waals surface area contributed by atoms with Crippen LogP contribution in [0.2, 0.25) is 0 Å². The van der Waals surface area contributed by atoms with Crippen LogP contribution in [0.25, 0.3) is 0 Å². The van der Waals surface area contributed by atoms with Gasteiger partial charge >= 0.3 is 5.97 Å². The zero-order valence-electron chi connectivity index (χ0n) is 19.8. The van der Waals surface area contributed by atoms with Crippen molar-refractivity contribution in [3.8, 4) is 23.0 Å². The standard InChI is InChI=1S/C26H23BrN2O7/c1-33-19-10-15(11-20(34-2)23(19)35-3)26(32)36-18-7-6-17(27)9-16(18)12-28-29-24(30)21-13-4-5-14(8-13)22(21)25(29)31/h4-7,9-14,21-22H,8H2,1-3H3/t13-,14-,21-,22+/m0/s1. The first-order chi connectivity index (χ1) is 17.4. The molecule has 0 radical (unpaired) electrons. The van der Waals surface area contributed by atoms with Crippen molar-refractivity contribution < 1.29 is 33.3 Å². The molecule has 4 atom stereocenters. The maximum absolute atomic E-state index is 13.0. The molecule has 0 spiro atoms. The molecular formula is C26H23BrN2O7. The fraction of sp³-hybridized carbons (Fsp3) is 0.308. The van der Waals surface area contributed by atoms with Gasteiger partial charge in [-0.1, -0.05) is 28.1 Å². The summed E-state index contributed by atoms with van der Waals surface area (Å²) in [6.45, 7) is 0. The largest absolute Gasteiger partial charge is 0.493 e. The second kappa shape index (κ2) is 9.42. The molecule has 2 aromatic carbocycles. The molecule has 9 nitrogen and oxygen atoms in total. The van der Waals surface area contributed by atoms with Gasteiger partial charge in [-0.2, -0.15) is 10.1 Å². The highest BCUT2D eigenvalue weighted by molar-refractivity contribution is 9.10. The van der Waals surface area contributed by atoms with E-state index in [9.17, 15) is 14.4 Å². The molecule has 2 aliphatic carbocycles. The number of hydrazone groups is 1. The highest BCUT2D eigenvalue weighted by Gasteiger charge is 2.59. The number of nitrogens with zero attached hydrogens (tertiary/aromatic N) is 2. The lowest BCUT2D eigenvalue weighted by Crippen LogP contribution is -2.28. The zero-order chi connectivity index (χ0) is 25.6. The molecule has 2 fully saturated rings. The quantitative estimate of drug-likeness (QED) is 0.168. The number of hydrogen-bond acceptors (Lipinski definition) is 8. The summed E-state index contributed by atoms with van der Waals surface area (Å²) in [7, 11) is 4.37. The van der Waals surface area contributed by atoms with E-state index in [4.69, 9.17) is 18.9 Å². The zero-order valence-corrected chi connectivity index (χ0v) is 21.4. The number of benzene rings is 2. The molecule has 1 saturated carbocycles. The predicted octanol–water partition coefficient (Wildman–Crippen LogP) is 3.84. The van der Waals surface area contributed by atoms with Crippen LogP contribution in [0.4, 0.5) is 0 Å². The van der Waals surface area contributed by atoms with Crippen molar-refractivity contribution in [2.75, 3.05) is 21.3 Å². The number of carbonyl (C=O) groups is 3. The van der Waals surface area contributed by atoms with Gasteiger partial charge < -0.3 is 18.9 Å². The molecule has 0 N–H and O–H groups in total. The van der Waals surface area contributed by atoms with Crippen LogP contribution in [0, 0.1) is 23.7 Å². The smallest absolute Gasteiger partial charge is 0.343 e. The van der Waals surface area contributed by atoms with Gasteiger partial charge in [-0.3, -0.25) is 9.59 Å². The van der Waals surface area contributed by atoms with Crippen LogP contribution >= 0.6 is 15.9 Å². The third kappa shape index (κ3) is 3.95. The van der Waals surface area contributed by atoms with Crippen LogP contribution in [0.3, 0.4) is 0 Å². The number of fused-ring (bicyclic) bond motifs is 5. The number of carbonyl (C=O) groups excluding carboxylic acids is 3. The molecule has 36 heavy (non-hydrogen) atoms. The molecule has 186 valence electrons. The number of hydrogen-bond donors (Lipinski definition) is 0. The lowest BCUT2D eigenvalue weighted by Gasteiger charge is -2.14. The first-order valence-electron chi connectivity index (χ1n) is 11.3. The molecule has 1 aliphatic heterocycles. The molecule has 0 unspecified atom stereocenters. The molecular weight excluding hydrogens is 532 g/mol. The van der Waals surface area contributed by atoms with E-state index in [1.54, 1.807) is 18.2 Å². The first kappa shape index (κ1) is 24.1. The summed E-state index contributed by atoms with van der Waals surface area (Å²) in [5, 5.41) is 5.16. The Morgan fingerprint density at radius 1 is 0.944 bits per heavy atom. The van der Waals surface area contributed by atoms with Crippen molar-refractivity contribution in [3.63, 3.8) is 0 Å². The normalized spacial score (nSPS) is 23.9. The molecule has 5 rings (SSSR count). The lowest BCUT2D eigenvalue weighted by molar-refractivity contribution is -0.140. The van der Waals surface area contributed by atoms with Gasteiger partial charge in [0, 0.05) is 10.0 Å². The molecule has 0 aromatic heterocycles. The first-order valence-corrected chi connectivity index (χ1v) is 12.1. The highest BCUT2D eigenvalue weighted by Crippen LogP contribution is 2.52. The van der Waals surface area contributed by atoms with Gasteiger partial charge in [0.2, 0.25) is 5.75 Å². The van der Waals surface area contributed by atoms with Crippen LogP contribution in [-0.4, -0.2) is 50.3 Å². The lowest BCUT2D eigenvalue weighted by atomic mass is 9.85. The molecule has 2 aromatic rings. The Morgan fingerprint density at radius 2 is 1.56 bits per heavy atom. The van der Waals surface area contributed by atoms with Gasteiger partial charge in [-0.05, 0) is 48.6 Å². The Labute approximate surface area is 215 Å². The van der Waals surface area contributed by atoms with Crippen molar-refractivity contribution in [1.29, 1.82) is 0 Å². The second-order valence-corrected chi connectivity index (χ2v) is 9.63. The molecule has 1 heterocycles. The van der Waals surface area contributed by atoms with E-state index in [2.05, 4.69) is 21.0 Å². The minimum atomic E-state index is -0.670. The van der Waals surface area contributed by atoms with E-state index in [1.165, 1.54) is 39.7 Å². The summed E-state index contributed by atoms with van der Waals surface area (Å²) in [5.41, 5.74) is 0.583. The van der Waals surface area contributed by atoms with Crippen molar-refractivity contribution in [2.24, 2.45) is 28.8 Å². The highest BCUT2D eigenvalue weighted by atomic mass is 79.9. The van der Waals surface area contributed by atoms with E-state index in [1.807, 2.05) is 12.2 Å². The van der Waals surface area contributed by atoms with Gasteiger partial charge in [0.05, 0.1) is 44.9 Å².